The van der Waals surface area contributed by atoms with E-state index in [2.05, 4.69) is 27.7 Å². The number of unbranched alkanes of at least 4 members (excludes halogenated alkanes) is 20. The van der Waals surface area contributed by atoms with Crippen LogP contribution in [0.15, 0.2) is 0 Å². The topological polar surface area (TPSA) is 54.4 Å². The summed E-state index contributed by atoms with van der Waals surface area (Å²) in [6.07, 6.45) is 35.2. The Morgan fingerprint density at radius 2 is 0.600 bits per heavy atom. The van der Waals surface area contributed by atoms with Crippen molar-refractivity contribution in [3.8, 4) is 0 Å². The molecule has 0 unspecified atom stereocenters. The minimum atomic E-state index is -3.67. The van der Waals surface area contributed by atoms with Gasteiger partial charge in [0.15, 0.2) is 0 Å². The second-order valence-corrected chi connectivity index (χ2v) is 14.2. The van der Waals surface area contributed by atoms with Crippen LogP contribution in [0.4, 0.5) is 0 Å². The minimum Gasteiger partial charge on any atom is -0.324 e. The predicted molar refractivity (Wildman–Crippen MR) is 180 cm³/mol. The number of rotatable bonds is 30. The van der Waals surface area contributed by atoms with Gasteiger partial charge in [0, 0.05) is 0 Å². The third-order valence-electron chi connectivity index (χ3n) is 8.41. The van der Waals surface area contributed by atoms with E-state index in [1.807, 2.05) is 0 Å². The molecule has 4 nitrogen and oxygen atoms in total. The summed E-state index contributed by atoms with van der Waals surface area (Å²) >= 11 is 0. The average molecular weight is 591 g/mol. The molecular weight excluding hydrogens is 514 g/mol. The van der Waals surface area contributed by atoms with E-state index in [1.54, 1.807) is 6.92 Å². The molecule has 40 heavy (non-hydrogen) atoms. The molecule has 5 heteroatoms. The fraction of sp³-hybridized carbons (Fsp3) is 1.00. The summed E-state index contributed by atoms with van der Waals surface area (Å²) in [4.78, 5) is 0. The first-order valence-electron chi connectivity index (χ1n) is 18.1. The number of hydrogen-bond acceptors (Lipinski definition) is 2. The number of nitrogens with zero attached hydrogens (tertiary/aromatic N) is 1. The van der Waals surface area contributed by atoms with Crippen molar-refractivity contribution in [1.29, 1.82) is 0 Å². The lowest BCUT2D eigenvalue weighted by Gasteiger charge is -2.40. The number of hydrogen-bond donors (Lipinski definition) is 1. The van der Waals surface area contributed by atoms with Crippen LogP contribution in [0.1, 0.15) is 195 Å². The van der Waals surface area contributed by atoms with Gasteiger partial charge in [-0.15, -0.1) is 0 Å². The van der Waals surface area contributed by atoms with Crippen LogP contribution in [-0.2, 0) is 10.1 Å². The largest absolute Gasteiger partial charge is 0.324 e. The molecule has 0 bridgehead atoms. The zero-order chi connectivity index (χ0) is 30.2. The van der Waals surface area contributed by atoms with Gasteiger partial charge >= 0.3 is 0 Å². The van der Waals surface area contributed by atoms with Gasteiger partial charge in [0.2, 0.25) is 0 Å². The van der Waals surface area contributed by atoms with Crippen LogP contribution >= 0.6 is 0 Å². The average Bonchev–Trinajstić information content (AvgIpc) is 2.91. The lowest BCUT2D eigenvalue weighted by molar-refractivity contribution is -0.929. The van der Waals surface area contributed by atoms with Gasteiger partial charge in [0.1, 0.15) is 0 Å². The van der Waals surface area contributed by atoms with Crippen LogP contribution in [0.5, 0.6) is 0 Å². The van der Waals surface area contributed by atoms with Gasteiger partial charge in [-0.2, -0.15) is 8.42 Å². The fourth-order valence-corrected chi connectivity index (χ4v) is 6.35. The molecule has 0 saturated heterocycles. The summed E-state index contributed by atoms with van der Waals surface area (Å²) in [5.74, 6) is -0.132. The van der Waals surface area contributed by atoms with E-state index in [1.165, 1.54) is 185 Å². The van der Waals surface area contributed by atoms with Crippen molar-refractivity contribution < 1.29 is 17.5 Å². The Morgan fingerprint density at radius 1 is 0.375 bits per heavy atom. The molecule has 0 radical (unpaired) electrons. The van der Waals surface area contributed by atoms with Crippen LogP contribution in [0, 0.1) is 0 Å². The molecule has 0 aromatic heterocycles. The van der Waals surface area contributed by atoms with E-state index in [-0.39, 0.29) is 5.75 Å². The quantitative estimate of drug-likeness (QED) is 0.0514. The minimum absolute atomic E-state index is 0.132. The van der Waals surface area contributed by atoms with E-state index < -0.39 is 10.1 Å². The zero-order valence-electron chi connectivity index (χ0n) is 28.3. The van der Waals surface area contributed by atoms with Crippen molar-refractivity contribution in [3.05, 3.63) is 0 Å². The molecule has 0 saturated carbocycles. The molecular formula is C35H76NO3S+. The highest BCUT2D eigenvalue weighted by atomic mass is 32.2. The molecule has 1 N–H and O–H groups in total. The Balaban J connectivity index is 0. The van der Waals surface area contributed by atoms with Gasteiger partial charge in [-0.05, 0) is 57.8 Å². The van der Waals surface area contributed by atoms with Gasteiger partial charge in [-0.25, -0.2) is 0 Å². The van der Waals surface area contributed by atoms with Crippen LogP contribution in [0.2, 0.25) is 0 Å². The lowest BCUT2D eigenvalue weighted by Crippen LogP contribution is -2.50. The van der Waals surface area contributed by atoms with Gasteiger partial charge in [0.25, 0.3) is 10.1 Å². The first-order valence-corrected chi connectivity index (χ1v) is 19.7. The molecule has 0 fully saturated rings. The maximum absolute atomic E-state index is 9.79. The van der Waals surface area contributed by atoms with Crippen molar-refractivity contribution >= 4 is 10.1 Å². The van der Waals surface area contributed by atoms with E-state index >= 15 is 0 Å². The van der Waals surface area contributed by atoms with Crippen molar-refractivity contribution in [2.24, 2.45) is 0 Å². The summed E-state index contributed by atoms with van der Waals surface area (Å²) in [6, 6.07) is 0. The first-order chi connectivity index (χ1) is 19.3. The lowest BCUT2D eigenvalue weighted by atomic mass is 10.0. The molecule has 0 amide bonds. The summed E-state index contributed by atoms with van der Waals surface area (Å²) < 4.78 is 29.0. The second-order valence-electron chi connectivity index (χ2n) is 12.6. The van der Waals surface area contributed by atoms with Crippen molar-refractivity contribution in [2.45, 2.75) is 195 Å². The highest BCUT2D eigenvalue weighted by Crippen LogP contribution is 2.20. The summed E-state index contributed by atoms with van der Waals surface area (Å²) in [6.45, 7) is 16.9. The first kappa shape index (κ1) is 42.0. The maximum Gasteiger partial charge on any atom is 0.264 e. The van der Waals surface area contributed by atoms with E-state index in [9.17, 15) is 8.42 Å². The van der Waals surface area contributed by atoms with Crippen molar-refractivity contribution in [3.63, 3.8) is 0 Å². The predicted octanol–water partition coefficient (Wildman–Crippen LogP) is 11.5. The monoisotopic (exact) mass is 591 g/mol. The molecule has 0 aromatic rings. The second kappa shape index (κ2) is 31.8. The SMILES string of the molecule is CCCCCCCC[N+](CCCCCCCC)(CCCCCCCC)CCCCCCCC.CCCS(=O)(=O)O. The Hall–Kier alpha value is -0.130. The third kappa shape index (κ3) is 32.4. The van der Waals surface area contributed by atoms with Gasteiger partial charge in [0.05, 0.1) is 31.9 Å². The standard InChI is InChI=1S/C32H68N.C3H8O3S/c1-5-9-13-17-21-25-29-33(30-26-22-18-14-10-6-2,31-27-23-19-15-11-7-3)32-28-24-20-16-12-8-4;1-2-3-7(4,5)6/h5-32H2,1-4H3;2-3H2,1H3,(H,4,5,6)/q+1;. The van der Waals surface area contributed by atoms with E-state index in [4.69, 9.17) is 4.55 Å². The Bertz CT molecular complexity index is 510. The molecule has 0 spiro atoms. The third-order valence-corrected chi connectivity index (χ3v) is 9.33. The Labute approximate surface area is 254 Å². The molecule has 0 atom stereocenters. The van der Waals surface area contributed by atoms with Crippen LogP contribution in [0.25, 0.3) is 0 Å². The van der Waals surface area contributed by atoms with Crippen LogP contribution in [-0.4, -0.2) is 49.4 Å². The fourth-order valence-electron chi connectivity index (χ4n) is 5.84. The molecule has 0 aliphatic rings. The van der Waals surface area contributed by atoms with Crippen LogP contribution < -0.4 is 0 Å². The van der Waals surface area contributed by atoms with E-state index in [0.29, 0.717) is 6.42 Å². The van der Waals surface area contributed by atoms with Gasteiger partial charge < -0.3 is 4.48 Å². The zero-order valence-corrected chi connectivity index (χ0v) is 29.1. The molecule has 0 heterocycles. The van der Waals surface area contributed by atoms with Crippen molar-refractivity contribution in [2.75, 3.05) is 31.9 Å². The molecule has 0 rings (SSSR count). The van der Waals surface area contributed by atoms with Crippen LogP contribution in [0.3, 0.4) is 0 Å². The summed E-state index contributed by atoms with van der Waals surface area (Å²) in [7, 11) is -3.67. The summed E-state index contributed by atoms with van der Waals surface area (Å²) in [5, 5.41) is 0. The summed E-state index contributed by atoms with van der Waals surface area (Å²) in [5.41, 5.74) is 0. The smallest absolute Gasteiger partial charge is 0.264 e. The van der Waals surface area contributed by atoms with Crippen molar-refractivity contribution in [1.82, 2.24) is 0 Å². The Morgan fingerprint density at radius 3 is 0.775 bits per heavy atom. The molecule has 0 aliphatic carbocycles. The maximum atomic E-state index is 9.79. The highest BCUT2D eigenvalue weighted by Gasteiger charge is 2.25. The molecule has 0 aromatic carbocycles. The number of quaternary nitrogens is 1. The van der Waals surface area contributed by atoms with E-state index in [0.717, 1.165) is 0 Å². The normalized spacial score (nSPS) is 11.9. The molecule has 244 valence electrons. The van der Waals surface area contributed by atoms with Gasteiger partial charge in [-0.1, -0.05) is 137 Å². The Kier molecular flexibility index (Phi) is 33.4. The van der Waals surface area contributed by atoms with Gasteiger partial charge in [-0.3, -0.25) is 4.55 Å². The highest BCUT2D eigenvalue weighted by molar-refractivity contribution is 7.85. The molecule has 0 aliphatic heterocycles.